The Bertz CT molecular complexity index is 971. The molecule has 190 valence electrons. The van der Waals surface area contributed by atoms with Crippen molar-refractivity contribution in [1.29, 1.82) is 0 Å². The second-order valence-corrected chi connectivity index (χ2v) is 9.24. The predicted molar refractivity (Wildman–Crippen MR) is 144 cm³/mol. The average Bonchev–Trinajstić information content (AvgIpc) is 2.88. The minimum atomic E-state index is -0.294. The number of carbonyl (C=O) groups excluding carboxylic acids is 1. The van der Waals surface area contributed by atoms with Crippen molar-refractivity contribution < 1.29 is 14.3 Å². The van der Waals surface area contributed by atoms with Gasteiger partial charge in [0.05, 0.1) is 19.9 Å². The molecule has 0 aromatic heterocycles. The van der Waals surface area contributed by atoms with Gasteiger partial charge < -0.3 is 19.7 Å². The van der Waals surface area contributed by atoms with Crippen LogP contribution >= 0.6 is 0 Å². The number of anilines is 2. The Hall–Kier alpha value is -3.22. The molecule has 1 fully saturated rings. The van der Waals surface area contributed by atoms with Gasteiger partial charge in [-0.25, -0.2) is 0 Å². The molecule has 0 spiro atoms. The second kappa shape index (κ2) is 13.0. The standard InChI is InChI=1S/C28H40N4O3/c1-6-31(7-2)24-14-12-23(13-15-24)30-28(33)25-10-8-9-17-32(25)29-19-22-11-16-26(34-5)27(18-22)35-20-21(3)4/h11-16,18-19,21,25H,6-10,17,20H2,1-5H3,(H,30,33)/b29-19+. The maximum Gasteiger partial charge on any atom is 0.248 e. The Balaban J connectivity index is 1.68. The van der Waals surface area contributed by atoms with E-state index < -0.39 is 0 Å². The molecular weight excluding hydrogens is 440 g/mol. The Morgan fingerprint density at radius 3 is 2.54 bits per heavy atom. The number of nitrogens with one attached hydrogen (secondary N) is 1. The summed E-state index contributed by atoms with van der Waals surface area (Å²) in [5.41, 5.74) is 2.87. The van der Waals surface area contributed by atoms with E-state index >= 15 is 0 Å². The number of nitrogens with zero attached hydrogens (tertiary/aromatic N) is 3. The van der Waals surface area contributed by atoms with Crippen molar-refractivity contribution in [1.82, 2.24) is 5.01 Å². The lowest BCUT2D eigenvalue weighted by Gasteiger charge is -2.32. The number of ether oxygens (including phenoxy) is 2. The van der Waals surface area contributed by atoms with Gasteiger partial charge in [-0.1, -0.05) is 13.8 Å². The zero-order valence-electron chi connectivity index (χ0n) is 21.8. The molecule has 1 unspecified atom stereocenters. The summed E-state index contributed by atoms with van der Waals surface area (Å²) in [5, 5.41) is 9.68. The summed E-state index contributed by atoms with van der Waals surface area (Å²) in [5.74, 6) is 1.79. The minimum absolute atomic E-state index is 0.0203. The molecule has 7 nitrogen and oxygen atoms in total. The van der Waals surface area contributed by atoms with Crippen LogP contribution < -0.4 is 19.7 Å². The first-order valence-corrected chi connectivity index (χ1v) is 12.7. The van der Waals surface area contributed by atoms with Crippen LogP contribution in [-0.4, -0.2) is 56.5 Å². The average molecular weight is 481 g/mol. The zero-order chi connectivity index (χ0) is 25.2. The van der Waals surface area contributed by atoms with Gasteiger partial charge in [-0.3, -0.25) is 9.80 Å². The molecule has 1 N–H and O–H groups in total. The number of carbonyl (C=O) groups is 1. The van der Waals surface area contributed by atoms with Crippen molar-refractivity contribution >= 4 is 23.5 Å². The number of hydrogen-bond acceptors (Lipinski definition) is 6. The zero-order valence-corrected chi connectivity index (χ0v) is 21.8. The van der Waals surface area contributed by atoms with Crippen LogP contribution in [0.1, 0.15) is 52.5 Å². The van der Waals surface area contributed by atoms with E-state index in [1.807, 2.05) is 35.3 Å². The quantitative estimate of drug-likeness (QED) is 0.436. The molecule has 0 saturated carbocycles. The van der Waals surface area contributed by atoms with Gasteiger partial charge in [0.15, 0.2) is 11.5 Å². The molecule has 1 amide bonds. The number of rotatable bonds is 11. The summed E-state index contributed by atoms with van der Waals surface area (Å²) >= 11 is 0. The van der Waals surface area contributed by atoms with Crippen LogP contribution in [0.4, 0.5) is 11.4 Å². The number of hydrazone groups is 1. The van der Waals surface area contributed by atoms with Gasteiger partial charge in [-0.15, -0.1) is 0 Å². The number of amides is 1. The topological polar surface area (TPSA) is 66.4 Å². The highest BCUT2D eigenvalue weighted by molar-refractivity contribution is 5.95. The lowest BCUT2D eigenvalue weighted by Crippen LogP contribution is -2.44. The molecule has 7 heteroatoms. The highest BCUT2D eigenvalue weighted by atomic mass is 16.5. The summed E-state index contributed by atoms with van der Waals surface area (Å²) < 4.78 is 11.3. The molecule has 1 aliphatic heterocycles. The lowest BCUT2D eigenvalue weighted by molar-refractivity contribution is -0.122. The SMILES string of the molecule is CCN(CC)c1ccc(NC(=O)C2CCCCN2/N=C/c2ccc(OC)c(OCC(C)C)c2)cc1. The number of benzene rings is 2. The van der Waals surface area contributed by atoms with Gasteiger partial charge >= 0.3 is 0 Å². The van der Waals surface area contributed by atoms with E-state index in [4.69, 9.17) is 14.6 Å². The second-order valence-electron chi connectivity index (χ2n) is 9.24. The normalized spacial score (nSPS) is 15.9. The number of methoxy groups -OCH3 is 1. The van der Waals surface area contributed by atoms with Gasteiger partial charge in [0, 0.05) is 31.0 Å². The van der Waals surface area contributed by atoms with Crippen molar-refractivity contribution in [3.8, 4) is 11.5 Å². The fourth-order valence-electron chi connectivity index (χ4n) is 4.17. The van der Waals surface area contributed by atoms with Gasteiger partial charge in [-0.05, 0) is 87.1 Å². The van der Waals surface area contributed by atoms with Crippen LogP contribution in [-0.2, 0) is 4.79 Å². The largest absolute Gasteiger partial charge is 0.493 e. The third kappa shape index (κ3) is 7.38. The summed E-state index contributed by atoms with van der Waals surface area (Å²) in [6, 6.07) is 13.5. The fourth-order valence-corrected chi connectivity index (χ4v) is 4.17. The van der Waals surface area contributed by atoms with E-state index in [-0.39, 0.29) is 11.9 Å². The summed E-state index contributed by atoms with van der Waals surface area (Å²) in [4.78, 5) is 15.4. The molecule has 2 aromatic rings. The van der Waals surface area contributed by atoms with Crippen LogP contribution in [0, 0.1) is 5.92 Å². The van der Waals surface area contributed by atoms with Crippen LogP contribution in [0.15, 0.2) is 47.6 Å². The van der Waals surface area contributed by atoms with E-state index in [9.17, 15) is 4.79 Å². The van der Waals surface area contributed by atoms with Gasteiger partial charge in [0.25, 0.3) is 0 Å². The molecule has 35 heavy (non-hydrogen) atoms. The van der Waals surface area contributed by atoms with Gasteiger partial charge in [0.1, 0.15) is 6.04 Å². The highest BCUT2D eigenvalue weighted by Crippen LogP contribution is 2.28. The third-order valence-electron chi connectivity index (χ3n) is 6.16. The van der Waals surface area contributed by atoms with Crippen molar-refractivity contribution in [3.63, 3.8) is 0 Å². The van der Waals surface area contributed by atoms with E-state index in [1.54, 1.807) is 13.3 Å². The fraction of sp³-hybridized carbons (Fsp3) is 0.500. The number of piperidine rings is 1. The molecule has 0 bridgehead atoms. The predicted octanol–water partition coefficient (Wildman–Crippen LogP) is 5.40. The van der Waals surface area contributed by atoms with Gasteiger partial charge in [0.2, 0.25) is 5.91 Å². The molecule has 2 aromatic carbocycles. The van der Waals surface area contributed by atoms with Crippen molar-refractivity contribution in [2.45, 2.75) is 53.0 Å². The first kappa shape index (κ1) is 26.4. The van der Waals surface area contributed by atoms with Crippen LogP contribution in [0.5, 0.6) is 11.5 Å². The first-order valence-electron chi connectivity index (χ1n) is 12.7. The monoisotopic (exact) mass is 480 g/mol. The van der Waals surface area contributed by atoms with E-state index in [0.29, 0.717) is 24.0 Å². The Morgan fingerprint density at radius 2 is 1.89 bits per heavy atom. The maximum atomic E-state index is 13.1. The van der Waals surface area contributed by atoms with E-state index in [2.05, 4.69) is 50.0 Å². The van der Waals surface area contributed by atoms with E-state index in [0.717, 1.165) is 55.8 Å². The molecule has 1 heterocycles. The van der Waals surface area contributed by atoms with Crippen LogP contribution in [0.2, 0.25) is 0 Å². The molecule has 1 atom stereocenters. The maximum absolute atomic E-state index is 13.1. The minimum Gasteiger partial charge on any atom is -0.493 e. The Kier molecular flexibility index (Phi) is 9.82. The van der Waals surface area contributed by atoms with E-state index in [1.165, 1.54) is 0 Å². The molecule has 3 rings (SSSR count). The Morgan fingerprint density at radius 1 is 1.14 bits per heavy atom. The molecule has 1 saturated heterocycles. The van der Waals surface area contributed by atoms with Gasteiger partial charge in [-0.2, -0.15) is 5.10 Å². The smallest absolute Gasteiger partial charge is 0.248 e. The van der Waals surface area contributed by atoms with Crippen molar-refractivity contribution in [2.75, 3.05) is 43.6 Å². The molecular formula is C28H40N4O3. The summed E-state index contributed by atoms with van der Waals surface area (Å²) in [7, 11) is 1.64. The lowest BCUT2D eigenvalue weighted by atomic mass is 10.0. The molecule has 0 radical (unpaired) electrons. The highest BCUT2D eigenvalue weighted by Gasteiger charge is 2.28. The summed E-state index contributed by atoms with van der Waals surface area (Å²) in [6.07, 6.45) is 4.62. The summed E-state index contributed by atoms with van der Waals surface area (Å²) in [6.45, 7) is 11.8. The van der Waals surface area contributed by atoms with Crippen LogP contribution in [0.25, 0.3) is 0 Å². The number of hydrogen-bond donors (Lipinski definition) is 1. The third-order valence-corrected chi connectivity index (χ3v) is 6.16. The van der Waals surface area contributed by atoms with Crippen LogP contribution in [0.3, 0.4) is 0 Å². The molecule has 0 aliphatic carbocycles. The Labute approximate surface area is 210 Å². The molecule has 1 aliphatic rings. The first-order chi connectivity index (χ1) is 16.9. The van der Waals surface area contributed by atoms with Crippen molar-refractivity contribution in [2.24, 2.45) is 11.0 Å². The van der Waals surface area contributed by atoms with Crippen molar-refractivity contribution in [3.05, 3.63) is 48.0 Å².